The molecule has 2 unspecified atom stereocenters. The van der Waals surface area contributed by atoms with Crippen LogP contribution in [0.4, 0.5) is 0 Å². The van der Waals surface area contributed by atoms with Crippen LogP contribution < -0.4 is 11.1 Å². The number of hydrogen-bond acceptors (Lipinski definition) is 3. The van der Waals surface area contributed by atoms with Crippen LogP contribution >= 0.6 is 11.8 Å². The van der Waals surface area contributed by atoms with E-state index in [0.29, 0.717) is 17.7 Å². The molecule has 0 aliphatic heterocycles. The zero-order valence-corrected chi connectivity index (χ0v) is 12.9. The first-order valence-corrected chi connectivity index (χ1v) is 8.60. The summed E-state index contributed by atoms with van der Waals surface area (Å²) in [5.41, 5.74) is 7.13. The molecule has 0 radical (unpaired) electrons. The van der Waals surface area contributed by atoms with E-state index in [9.17, 15) is 4.79 Å². The highest BCUT2D eigenvalue weighted by atomic mass is 32.2. The van der Waals surface area contributed by atoms with Gasteiger partial charge >= 0.3 is 0 Å². The third-order valence-corrected chi connectivity index (χ3v) is 5.04. The Morgan fingerprint density at radius 1 is 1.40 bits per heavy atom. The molecule has 110 valence electrons. The van der Waals surface area contributed by atoms with Crippen LogP contribution in [0, 0.1) is 0 Å². The predicted octanol–water partition coefficient (Wildman–Crippen LogP) is 2.35. The van der Waals surface area contributed by atoms with Crippen LogP contribution in [0.2, 0.25) is 0 Å². The summed E-state index contributed by atoms with van der Waals surface area (Å²) in [6.07, 6.45) is 7.38. The van der Waals surface area contributed by atoms with Crippen LogP contribution in [0.3, 0.4) is 0 Å². The highest BCUT2D eigenvalue weighted by molar-refractivity contribution is 7.99. The van der Waals surface area contributed by atoms with Crippen LogP contribution in [-0.2, 0) is 11.2 Å². The molecule has 3 atom stereocenters. The van der Waals surface area contributed by atoms with Gasteiger partial charge in [-0.05, 0) is 37.5 Å². The zero-order valence-electron chi connectivity index (χ0n) is 12.0. The molecule has 1 amide bonds. The molecule has 1 aromatic rings. The molecule has 2 rings (SSSR count). The fourth-order valence-corrected chi connectivity index (χ4v) is 3.59. The standard InChI is InChI=1S/C16H24N2OS/c1-20-14-9-5-8-13(11-14)18-16(19)15(17)10-12-6-3-2-4-7-12/h2-4,6-7,13-15H,5,8-11,17H2,1H3,(H,18,19)/t13?,14?,15-/m1/s1. The van der Waals surface area contributed by atoms with Crippen molar-refractivity contribution in [2.24, 2.45) is 5.73 Å². The van der Waals surface area contributed by atoms with E-state index in [4.69, 9.17) is 5.73 Å². The number of rotatable bonds is 5. The lowest BCUT2D eigenvalue weighted by Gasteiger charge is -2.29. The van der Waals surface area contributed by atoms with Gasteiger partial charge in [-0.3, -0.25) is 4.79 Å². The third kappa shape index (κ3) is 4.53. The number of amides is 1. The fraction of sp³-hybridized carbons (Fsp3) is 0.562. The second kappa shape index (κ2) is 7.70. The summed E-state index contributed by atoms with van der Waals surface area (Å²) < 4.78 is 0. The van der Waals surface area contributed by atoms with Gasteiger partial charge in [-0.2, -0.15) is 11.8 Å². The van der Waals surface area contributed by atoms with E-state index in [1.807, 2.05) is 42.1 Å². The number of thioether (sulfide) groups is 1. The number of nitrogens with one attached hydrogen (secondary N) is 1. The molecule has 1 aromatic carbocycles. The van der Waals surface area contributed by atoms with Gasteiger partial charge in [0.15, 0.2) is 0 Å². The smallest absolute Gasteiger partial charge is 0.237 e. The van der Waals surface area contributed by atoms with Crippen molar-refractivity contribution in [2.75, 3.05) is 6.26 Å². The van der Waals surface area contributed by atoms with Gasteiger partial charge in [0.1, 0.15) is 0 Å². The average molecular weight is 292 g/mol. The maximum atomic E-state index is 12.2. The molecular formula is C16H24N2OS. The van der Waals surface area contributed by atoms with Crippen LogP contribution in [0.1, 0.15) is 31.2 Å². The monoisotopic (exact) mass is 292 g/mol. The van der Waals surface area contributed by atoms with Crippen molar-refractivity contribution >= 4 is 17.7 Å². The summed E-state index contributed by atoms with van der Waals surface area (Å²) in [5, 5.41) is 3.81. The Morgan fingerprint density at radius 3 is 2.85 bits per heavy atom. The molecule has 20 heavy (non-hydrogen) atoms. The fourth-order valence-electron chi connectivity index (χ4n) is 2.76. The number of benzene rings is 1. The molecule has 3 nitrogen and oxygen atoms in total. The van der Waals surface area contributed by atoms with Gasteiger partial charge in [0.25, 0.3) is 0 Å². The SMILES string of the molecule is CSC1CCCC(NC(=O)[C@H](N)Cc2ccccc2)C1. The van der Waals surface area contributed by atoms with Crippen molar-refractivity contribution in [3.8, 4) is 0 Å². The third-order valence-electron chi connectivity index (χ3n) is 3.94. The van der Waals surface area contributed by atoms with Crippen LogP contribution in [0.15, 0.2) is 30.3 Å². The van der Waals surface area contributed by atoms with Gasteiger partial charge in [-0.1, -0.05) is 36.8 Å². The van der Waals surface area contributed by atoms with E-state index >= 15 is 0 Å². The van der Waals surface area contributed by atoms with Crippen LogP contribution in [0.5, 0.6) is 0 Å². The van der Waals surface area contributed by atoms with Crippen molar-refractivity contribution in [1.82, 2.24) is 5.32 Å². The van der Waals surface area contributed by atoms with E-state index in [-0.39, 0.29) is 5.91 Å². The molecule has 1 saturated carbocycles. The van der Waals surface area contributed by atoms with Crippen molar-refractivity contribution < 1.29 is 4.79 Å². The maximum absolute atomic E-state index is 12.2. The van der Waals surface area contributed by atoms with Gasteiger partial charge in [-0.25, -0.2) is 0 Å². The first-order chi connectivity index (χ1) is 9.69. The highest BCUT2D eigenvalue weighted by Crippen LogP contribution is 2.26. The minimum absolute atomic E-state index is 0.0133. The summed E-state index contributed by atoms with van der Waals surface area (Å²) in [7, 11) is 0. The molecule has 1 aliphatic rings. The lowest BCUT2D eigenvalue weighted by molar-refractivity contribution is -0.123. The summed E-state index contributed by atoms with van der Waals surface area (Å²) in [5.74, 6) is -0.0133. The minimum atomic E-state index is -0.452. The Kier molecular flexibility index (Phi) is 5.92. The first kappa shape index (κ1) is 15.4. The van der Waals surface area contributed by atoms with E-state index in [1.165, 1.54) is 12.8 Å². The van der Waals surface area contributed by atoms with Crippen molar-refractivity contribution in [3.63, 3.8) is 0 Å². The van der Waals surface area contributed by atoms with Gasteiger partial charge in [0.2, 0.25) is 5.91 Å². The van der Waals surface area contributed by atoms with Gasteiger partial charge in [0.05, 0.1) is 6.04 Å². The number of hydrogen-bond donors (Lipinski definition) is 2. The largest absolute Gasteiger partial charge is 0.352 e. The van der Waals surface area contributed by atoms with Crippen molar-refractivity contribution in [1.29, 1.82) is 0 Å². The average Bonchev–Trinajstić information content (AvgIpc) is 2.48. The quantitative estimate of drug-likeness (QED) is 0.876. The van der Waals surface area contributed by atoms with E-state index < -0.39 is 6.04 Å². The maximum Gasteiger partial charge on any atom is 0.237 e. The van der Waals surface area contributed by atoms with Crippen LogP contribution in [0.25, 0.3) is 0 Å². The first-order valence-electron chi connectivity index (χ1n) is 7.31. The molecule has 0 spiro atoms. The van der Waals surface area contributed by atoms with Crippen LogP contribution in [-0.4, -0.2) is 29.5 Å². The van der Waals surface area contributed by atoms with E-state index in [0.717, 1.165) is 18.4 Å². The predicted molar refractivity (Wildman–Crippen MR) is 85.8 cm³/mol. The topological polar surface area (TPSA) is 55.1 Å². The summed E-state index contributed by atoms with van der Waals surface area (Å²) in [6, 6.07) is 9.80. The second-order valence-corrected chi connectivity index (χ2v) is 6.66. The summed E-state index contributed by atoms with van der Waals surface area (Å²) >= 11 is 1.91. The lowest BCUT2D eigenvalue weighted by atomic mass is 9.94. The minimum Gasteiger partial charge on any atom is -0.352 e. The van der Waals surface area contributed by atoms with Crippen molar-refractivity contribution in [3.05, 3.63) is 35.9 Å². The van der Waals surface area contributed by atoms with Crippen molar-refractivity contribution in [2.45, 2.75) is 49.4 Å². The molecule has 1 fully saturated rings. The molecule has 0 heterocycles. The molecule has 4 heteroatoms. The summed E-state index contributed by atoms with van der Waals surface area (Å²) in [4.78, 5) is 12.2. The molecule has 0 aromatic heterocycles. The molecule has 0 saturated heterocycles. The molecule has 1 aliphatic carbocycles. The van der Waals surface area contributed by atoms with E-state index in [1.54, 1.807) is 0 Å². The van der Waals surface area contributed by atoms with Gasteiger partial charge in [0, 0.05) is 11.3 Å². The Labute approximate surface area is 125 Å². The highest BCUT2D eigenvalue weighted by Gasteiger charge is 2.24. The van der Waals surface area contributed by atoms with Gasteiger partial charge < -0.3 is 11.1 Å². The molecule has 0 bridgehead atoms. The number of nitrogens with two attached hydrogens (primary N) is 1. The molecule has 3 N–H and O–H groups in total. The lowest BCUT2D eigenvalue weighted by Crippen LogP contribution is -2.48. The number of carbonyl (C=O) groups is 1. The summed E-state index contributed by atoms with van der Waals surface area (Å²) in [6.45, 7) is 0. The Balaban J connectivity index is 1.81. The number of carbonyl (C=O) groups excluding carboxylic acids is 1. The van der Waals surface area contributed by atoms with Gasteiger partial charge in [-0.15, -0.1) is 0 Å². The second-order valence-electron chi connectivity index (χ2n) is 5.53. The Morgan fingerprint density at radius 2 is 2.15 bits per heavy atom. The Bertz CT molecular complexity index is 424. The normalized spacial score (nSPS) is 24.1. The molecular weight excluding hydrogens is 268 g/mol. The van der Waals surface area contributed by atoms with E-state index in [2.05, 4.69) is 11.6 Å². The zero-order chi connectivity index (χ0) is 14.4. The Hall–Kier alpha value is -1.00.